The summed E-state index contributed by atoms with van der Waals surface area (Å²) < 4.78 is 30.0. The largest absolute Gasteiger partial charge is 0.324 e. The highest BCUT2D eigenvalue weighted by Gasteiger charge is 2.28. The Morgan fingerprint density at radius 1 is 1.23 bits per heavy atom. The van der Waals surface area contributed by atoms with E-state index in [4.69, 9.17) is 10.3 Å². The third kappa shape index (κ3) is 6.01. The molecule has 0 fully saturated rings. The molecule has 0 heterocycles. The fourth-order valence-corrected chi connectivity index (χ4v) is 2.64. The molecular weight excluding hydrogens is 190 g/mol. The van der Waals surface area contributed by atoms with E-state index in [-0.39, 0.29) is 5.75 Å². The molecule has 0 aliphatic carbocycles. The van der Waals surface area contributed by atoms with E-state index in [1.165, 1.54) is 0 Å². The molecule has 0 amide bonds. The molecule has 0 spiro atoms. The van der Waals surface area contributed by atoms with Gasteiger partial charge < -0.3 is 5.73 Å². The number of hydrogen-bond acceptors (Lipinski definition) is 3. The van der Waals surface area contributed by atoms with Crippen molar-refractivity contribution in [1.29, 1.82) is 0 Å². The van der Waals surface area contributed by atoms with Crippen LogP contribution in [-0.4, -0.2) is 24.3 Å². The first-order chi connectivity index (χ1) is 5.83. The van der Waals surface area contributed by atoms with Crippen molar-refractivity contribution in [1.82, 2.24) is 0 Å². The van der Waals surface area contributed by atoms with Crippen LogP contribution in [-0.2, 0) is 10.1 Å². The van der Waals surface area contributed by atoms with Crippen LogP contribution in [0.4, 0.5) is 0 Å². The molecule has 4 nitrogen and oxygen atoms in total. The normalized spacial score (nSPS) is 13.2. The second-order valence-corrected chi connectivity index (χ2v) is 5.04. The van der Waals surface area contributed by atoms with Gasteiger partial charge in [0.15, 0.2) is 0 Å². The van der Waals surface area contributed by atoms with E-state index >= 15 is 0 Å². The molecule has 0 aromatic heterocycles. The van der Waals surface area contributed by atoms with Gasteiger partial charge in [0.1, 0.15) is 0 Å². The first kappa shape index (κ1) is 12.9. The van der Waals surface area contributed by atoms with E-state index in [2.05, 4.69) is 0 Å². The molecule has 13 heavy (non-hydrogen) atoms. The van der Waals surface area contributed by atoms with Crippen LogP contribution in [0.3, 0.4) is 0 Å². The summed E-state index contributed by atoms with van der Waals surface area (Å²) in [5.74, 6) is -0.332. The van der Waals surface area contributed by atoms with E-state index in [0.717, 1.165) is 12.8 Å². The molecule has 0 rings (SSSR count). The van der Waals surface area contributed by atoms with Crippen molar-refractivity contribution in [3.05, 3.63) is 0 Å². The fourth-order valence-electron chi connectivity index (χ4n) is 1.63. The molecule has 5 heteroatoms. The molecule has 0 aromatic carbocycles. The Hall–Kier alpha value is -0.130. The lowest BCUT2D eigenvalue weighted by Gasteiger charge is -2.27. The van der Waals surface area contributed by atoms with Gasteiger partial charge in [-0.15, -0.1) is 0 Å². The van der Waals surface area contributed by atoms with Crippen LogP contribution in [0.5, 0.6) is 0 Å². The van der Waals surface area contributed by atoms with Gasteiger partial charge in [0.25, 0.3) is 10.1 Å². The Kier molecular flexibility index (Phi) is 4.88. The standard InChI is InChI=1S/C8H19NO3S/c1-3-5-8(9,6-4-2)7-13(10,11)12/h3-7,9H2,1-2H3,(H,10,11,12). The van der Waals surface area contributed by atoms with E-state index in [1.54, 1.807) is 0 Å². The highest BCUT2D eigenvalue weighted by atomic mass is 32.2. The Bertz CT molecular complexity index is 230. The summed E-state index contributed by atoms with van der Waals surface area (Å²) in [5.41, 5.74) is 5.11. The topological polar surface area (TPSA) is 80.4 Å². The van der Waals surface area contributed by atoms with Crippen LogP contribution >= 0.6 is 0 Å². The van der Waals surface area contributed by atoms with Crippen LogP contribution in [0.1, 0.15) is 39.5 Å². The Balaban J connectivity index is 4.40. The predicted octanol–water partition coefficient (Wildman–Crippen LogP) is 1.17. The van der Waals surface area contributed by atoms with Crippen molar-refractivity contribution in [3.63, 3.8) is 0 Å². The zero-order valence-corrected chi connectivity index (χ0v) is 9.10. The van der Waals surface area contributed by atoms with Gasteiger partial charge >= 0.3 is 0 Å². The molecular formula is C8H19NO3S. The quantitative estimate of drug-likeness (QED) is 0.643. The van der Waals surface area contributed by atoms with E-state index in [9.17, 15) is 8.42 Å². The average molecular weight is 209 g/mol. The van der Waals surface area contributed by atoms with E-state index in [0.29, 0.717) is 12.8 Å². The van der Waals surface area contributed by atoms with E-state index in [1.807, 2.05) is 13.8 Å². The van der Waals surface area contributed by atoms with Crippen LogP contribution in [0.15, 0.2) is 0 Å². The SMILES string of the molecule is CCCC(N)(CCC)CS(=O)(=O)O. The molecule has 0 aromatic rings. The van der Waals surface area contributed by atoms with Crippen molar-refractivity contribution in [3.8, 4) is 0 Å². The molecule has 0 unspecified atom stereocenters. The summed E-state index contributed by atoms with van der Waals surface area (Å²) >= 11 is 0. The van der Waals surface area contributed by atoms with Gasteiger partial charge in [-0.25, -0.2) is 0 Å². The van der Waals surface area contributed by atoms with Crippen LogP contribution in [0.2, 0.25) is 0 Å². The van der Waals surface area contributed by atoms with Gasteiger partial charge in [-0.2, -0.15) is 8.42 Å². The fraction of sp³-hybridized carbons (Fsp3) is 1.00. The highest BCUT2D eigenvalue weighted by molar-refractivity contribution is 7.85. The monoisotopic (exact) mass is 209 g/mol. The van der Waals surface area contributed by atoms with Gasteiger partial charge in [0.2, 0.25) is 0 Å². The molecule has 0 saturated heterocycles. The van der Waals surface area contributed by atoms with Gasteiger partial charge in [-0.3, -0.25) is 4.55 Å². The summed E-state index contributed by atoms with van der Waals surface area (Å²) in [6.45, 7) is 3.89. The minimum Gasteiger partial charge on any atom is -0.324 e. The van der Waals surface area contributed by atoms with Crippen molar-refractivity contribution < 1.29 is 13.0 Å². The lowest BCUT2D eigenvalue weighted by Crippen LogP contribution is -2.46. The molecule has 80 valence electrons. The lowest BCUT2D eigenvalue weighted by atomic mass is 9.92. The van der Waals surface area contributed by atoms with E-state index < -0.39 is 15.7 Å². The predicted molar refractivity (Wildman–Crippen MR) is 53.2 cm³/mol. The summed E-state index contributed by atoms with van der Waals surface area (Å²) in [6.07, 6.45) is 2.90. The van der Waals surface area contributed by atoms with Crippen molar-refractivity contribution in [2.75, 3.05) is 5.75 Å². The maximum atomic E-state index is 10.7. The maximum absolute atomic E-state index is 10.7. The third-order valence-electron chi connectivity index (χ3n) is 1.97. The molecule has 0 aliphatic rings. The first-order valence-electron chi connectivity index (χ1n) is 4.57. The van der Waals surface area contributed by atoms with Crippen molar-refractivity contribution >= 4 is 10.1 Å². The smallest absolute Gasteiger partial charge is 0.266 e. The summed E-state index contributed by atoms with van der Waals surface area (Å²) in [7, 11) is -3.95. The molecule has 0 aliphatic heterocycles. The highest BCUT2D eigenvalue weighted by Crippen LogP contribution is 2.18. The molecule has 0 bridgehead atoms. The van der Waals surface area contributed by atoms with Gasteiger partial charge in [-0.05, 0) is 12.8 Å². The first-order valence-corrected chi connectivity index (χ1v) is 6.18. The molecule has 3 N–H and O–H groups in total. The number of rotatable bonds is 6. The molecule has 0 radical (unpaired) electrons. The molecule has 0 atom stereocenters. The Morgan fingerprint density at radius 2 is 1.62 bits per heavy atom. The summed E-state index contributed by atoms with van der Waals surface area (Å²) in [5, 5.41) is 0. The number of nitrogens with two attached hydrogens (primary N) is 1. The van der Waals surface area contributed by atoms with Crippen molar-refractivity contribution in [2.45, 2.75) is 45.1 Å². The summed E-state index contributed by atoms with van der Waals surface area (Å²) in [4.78, 5) is 0. The van der Waals surface area contributed by atoms with Crippen LogP contribution in [0.25, 0.3) is 0 Å². The minimum absolute atomic E-state index is 0.332. The maximum Gasteiger partial charge on any atom is 0.266 e. The second-order valence-electron chi connectivity index (χ2n) is 3.59. The Morgan fingerprint density at radius 3 is 1.85 bits per heavy atom. The minimum atomic E-state index is -3.95. The zero-order valence-electron chi connectivity index (χ0n) is 8.28. The van der Waals surface area contributed by atoms with Gasteiger partial charge in [-0.1, -0.05) is 26.7 Å². The van der Waals surface area contributed by atoms with Crippen LogP contribution in [0, 0.1) is 0 Å². The summed E-state index contributed by atoms with van der Waals surface area (Å²) in [6, 6.07) is 0. The number of hydrogen-bond donors (Lipinski definition) is 2. The average Bonchev–Trinajstić information content (AvgIpc) is 1.82. The van der Waals surface area contributed by atoms with Gasteiger partial charge in [0, 0.05) is 5.54 Å². The third-order valence-corrected chi connectivity index (χ3v) is 2.91. The second kappa shape index (κ2) is 4.93. The zero-order chi connectivity index (χ0) is 10.5. The van der Waals surface area contributed by atoms with Crippen molar-refractivity contribution in [2.24, 2.45) is 5.73 Å². The Labute approximate surface area is 80.3 Å². The van der Waals surface area contributed by atoms with Gasteiger partial charge in [0.05, 0.1) is 5.75 Å². The lowest BCUT2D eigenvalue weighted by molar-refractivity contribution is 0.377. The van der Waals surface area contributed by atoms with Crippen LogP contribution < -0.4 is 5.73 Å². The molecule has 0 saturated carbocycles.